The summed E-state index contributed by atoms with van der Waals surface area (Å²) in [6.07, 6.45) is 0. The molecule has 0 unspecified atom stereocenters. The summed E-state index contributed by atoms with van der Waals surface area (Å²) in [7, 11) is 3.77. The van der Waals surface area contributed by atoms with Crippen molar-refractivity contribution in [2.45, 2.75) is 0 Å². The van der Waals surface area contributed by atoms with Crippen molar-refractivity contribution in [3.05, 3.63) is 14.9 Å². The van der Waals surface area contributed by atoms with E-state index in [-0.39, 0.29) is 14.9 Å². The van der Waals surface area contributed by atoms with E-state index in [4.69, 9.17) is 0 Å². The van der Waals surface area contributed by atoms with Crippen LogP contribution >= 0.6 is 10.6 Å². The van der Waals surface area contributed by atoms with Gasteiger partial charge in [-0.25, -0.2) is 0 Å². The van der Waals surface area contributed by atoms with Crippen LogP contribution in [0, 0.1) is 14.9 Å². The maximum absolute atomic E-state index is 3.77. The van der Waals surface area contributed by atoms with Gasteiger partial charge < -0.3 is 14.9 Å². The van der Waals surface area contributed by atoms with Gasteiger partial charge in [-0.3, -0.25) is 0 Å². The molecule has 0 bridgehead atoms. The third-order valence-corrected chi connectivity index (χ3v) is 0. The molecular weight excluding hydrogens is 115 g/mol. The Morgan fingerprint density at radius 2 is 1.00 bits per heavy atom. The van der Waals surface area contributed by atoms with Gasteiger partial charge in [0.05, 0.1) is 0 Å². The molecule has 0 rings (SSSR count). The Hall–Kier alpha value is 0.726. The molecule has 0 aliphatic carbocycles. The van der Waals surface area contributed by atoms with Gasteiger partial charge in [0.1, 0.15) is 0 Å². The van der Waals surface area contributed by atoms with Gasteiger partial charge in [0, 0.05) is 0 Å². The minimum atomic E-state index is 0. The molecule has 0 aromatic rings. The van der Waals surface area contributed by atoms with Gasteiger partial charge in [-0.05, 0) is 0 Å². The van der Waals surface area contributed by atoms with E-state index in [1.165, 1.54) is 0 Å². The second-order valence-corrected chi connectivity index (χ2v) is 0. The predicted octanol–water partition coefficient (Wildman–Crippen LogP) is 1.55. The number of rotatable bonds is 0. The Morgan fingerprint density at radius 1 is 1.00 bits per heavy atom. The van der Waals surface area contributed by atoms with Crippen molar-refractivity contribution in [2.75, 3.05) is 0 Å². The summed E-state index contributed by atoms with van der Waals surface area (Å²) in [5.74, 6) is 0. The fraction of sp³-hybridized carbons (Fsp3) is 0. The van der Waals surface area contributed by atoms with Crippen LogP contribution in [0.15, 0.2) is 0 Å². The second-order valence-electron chi connectivity index (χ2n) is 0. The average molecular weight is 121 g/mol. The topological polar surface area (TPSA) is 0 Å². The third-order valence-electron chi connectivity index (χ3n) is 0. The molecule has 0 aromatic heterocycles. The van der Waals surface area contributed by atoms with Gasteiger partial charge in [0.15, 0.2) is 0 Å². The maximum atomic E-state index is 3.77. The molecule has 0 aliphatic heterocycles. The van der Waals surface area contributed by atoms with Crippen LogP contribution in [0.1, 0.15) is 0 Å². The summed E-state index contributed by atoms with van der Waals surface area (Å²) < 4.78 is 0. The van der Waals surface area contributed by atoms with Crippen molar-refractivity contribution in [2.24, 2.45) is 0 Å². The standard InChI is InChI=1S/2CH3.Co.S/h2*1H3;;/q2*-1;;. The van der Waals surface area contributed by atoms with E-state index in [2.05, 4.69) is 24.7 Å². The summed E-state index contributed by atoms with van der Waals surface area (Å²) in [5.41, 5.74) is 0. The molecular formula is C2H6CoS-2. The van der Waals surface area contributed by atoms with Crippen molar-refractivity contribution in [3.8, 4) is 0 Å². The van der Waals surface area contributed by atoms with Crippen LogP contribution in [0.2, 0.25) is 0 Å². The summed E-state index contributed by atoms with van der Waals surface area (Å²) in [6, 6.07) is 0. The Labute approximate surface area is 40.1 Å². The van der Waals surface area contributed by atoms with Gasteiger partial charge in [-0.2, -0.15) is 0 Å². The third kappa shape index (κ3) is 15.4. The van der Waals surface area contributed by atoms with Crippen LogP contribution in [0.4, 0.5) is 0 Å². The molecule has 2 heteroatoms. The summed E-state index contributed by atoms with van der Waals surface area (Å²) in [6.45, 7) is 0. The van der Waals surface area contributed by atoms with E-state index < -0.39 is 0 Å². The van der Waals surface area contributed by atoms with E-state index >= 15 is 0 Å². The minimum absolute atomic E-state index is 0. The SMILES string of the molecule is [CH3-].[CH3-].[S]=[Co]. The molecule has 0 amide bonds. The van der Waals surface area contributed by atoms with Crippen molar-refractivity contribution in [3.63, 3.8) is 0 Å². The fourth-order valence-corrected chi connectivity index (χ4v) is 0. The van der Waals surface area contributed by atoms with Crippen LogP contribution in [-0.2, 0) is 14.1 Å². The molecule has 0 N–H and O–H groups in total. The van der Waals surface area contributed by atoms with Crippen molar-refractivity contribution in [1.29, 1.82) is 0 Å². The fourth-order valence-electron chi connectivity index (χ4n) is 0. The van der Waals surface area contributed by atoms with Crippen LogP contribution in [0.3, 0.4) is 0 Å². The summed E-state index contributed by atoms with van der Waals surface area (Å²) >= 11 is 3.15. The quantitative estimate of drug-likeness (QED) is 0.438. The molecule has 0 nitrogen and oxygen atoms in total. The van der Waals surface area contributed by atoms with Crippen LogP contribution in [0.25, 0.3) is 0 Å². The average Bonchev–Trinajstić information content (AvgIpc) is 1.00. The van der Waals surface area contributed by atoms with Gasteiger partial charge >= 0.3 is 24.7 Å². The van der Waals surface area contributed by atoms with Crippen molar-refractivity contribution < 1.29 is 14.1 Å². The molecule has 0 aliphatic rings. The summed E-state index contributed by atoms with van der Waals surface area (Å²) in [4.78, 5) is 0. The van der Waals surface area contributed by atoms with Gasteiger partial charge in [0.2, 0.25) is 0 Å². The monoisotopic (exact) mass is 121 g/mol. The molecule has 0 saturated carbocycles. The molecule has 0 spiro atoms. The molecule has 0 saturated heterocycles. The molecule has 0 aromatic carbocycles. The molecule has 0 atom stereocenters. The van der Waals surface area contributed by atoms with E-state index in [9.17, 15) is 0 Å². The first kappa shape index (κ1) is 22.0. The number of hydrogen-bond donors (Lipinski definition) is 0. The van der Waals surface area contributed by atoms with Crippen molar-refractivity contribution in [1.82, 2.24) is 0 Å². The normalized spacial score (nSPS) is 1.25. The molecule has 31 valence electrons. The Balaban J connectivity index is -0.00000000500. The first-order valence-corrected chi connectivity index (χ1v) is 1.68. The molecule has 0 radical (unpaired) electrons. The molecule has 0 fully saturated rings. The van der Waals surface area contributed by atoms with Gasteiger partial charge in [-0.1, -0.05) is 0 Å². The van der Waals surface area contributed by atoms with Crippen LogP contribution < -0.4 is 0 Å². The van der Waals surface area contributed by atoms with Gasteiger partial charge in [-0.15, -0.1) is 0 Å². The zero-order chi connectivity index (χ0) is 2.00. The summed E-state index contributed by atoms with van der Waals surface area (Å²) in [5, 5.41) is 0. The first-order valence-electron chi connectivity index (χ1n) is 0.136. The van der Waals surface area contributed by atoms with E-state index in [0.717, 1.165) is 0 Å². The molecule has 0 heterocycles. The number of hydrogen-bond acceptors (Lipinski definition) is 1. The van der Waals surface area contributed by atoms with E-state index in [1.54, 1.807) is 0 Å². The molecule has 4 heavy (non-hydrogen) atoms. The van der Waals surface area contributed by atoms with Gasteiger partial charge in [0.25, 0.3) is 0 Å². The first-order chi connectivity index (χ1) is 1.00. The second kappa shape index (κ2) is 52.5. The van der Waals surface area contributed by atoms with Crippen molar-refractivity contribution >= 4 is 10.6 Å². The zero-order valence-electron chi connectivity index (χ0n) is 2.74. The Kier molecular flexibility index (Phi) is 289. The predicted molar refractivity (Wildman–Crippen MR) is 20.4 cm³/mol. The van der Waals surface area contributed by atoms with Crippen LogP contribution in [-0.4, -0.2) is 0 Å². The van der Waals surface area contributed by atoms with Crippen LogP contribution in [0.5, 0.6) is 0 Å². The Bertz CT molecular complexity index is 6.00. The zero-order valence-corrected chi connectivity index (χ0v) is 4.60. The Morgan fingerprint density at radius 3 is 1.00 bits per heavy atom. The van der Waals surface area contributed by atoms with E-state index in [0.29, 0.717) is 0 Å². The van der Waals surface area contributed by atoms with E-state index in [1.807, 2.05) is 0 Å².